The number of aliphatic imine (C=N–C) groups is 1. The summed E-state index contributed by atoms with van der Waals surface area (Å²) in [7, 11) is 0. The van der Waals surface area contributed by atoms with E-state index in [0.717, 1.165) is 0 Å². The lowest BCUT2D eigenvalue weighted by atomic mass is 10.3. The van der Waals surface area contributed by atoms with E-state index in [9.17, 15) is 4.79 Å². The highest BCUT2D eigenvalue weighted by molar-refractivity contribution is 7.78. The van der Waals surface area contributed by atoms with E-state index in [1.165, 1.54) is 6.20 Å². The van der Waals surface area contributed by atoms with E-state index >= 15 is 0 Å². The average molecular weight is 171 g/mol. The summed E-state index contributed by atoms with van der Waals surface area (Å²) in [5.74, 6) is -0.374. The van der Waals surface area contributed by atoms with Crippen LogP contribution in [0.25, 0.3) is 0 Å². The maximum absolute atomic E-state index is 10.8. The van der Waals surface area contributed by atoms with Crippen LogP contribution in [-0.4, -0.2) is 17.7 Å². The molecule has 60 valence electrons. The molecule has 0 atom stereocenters. The summed E-state index contributed by atoms with van der Waals surface area (Å²) >= 11 is 4.31. The van der Waals surface area contributed by atoms with Crippen molar-refractivity contribution < 1.29 is 9.53 Å². The summed E-state index contributed by atoms with van der Waals surface area (Å²) in [6.07, 6.45) is 1.32. The molecule has 0 bridgehead atoms. The maximum Gasteiger partial charge on any atom is 0.335 e. The van der Waals surface area contributed by atoms with E-state index in [4.69, 9.17) is 0 Å². The summed E-state index contributed by atoms with van der Waals surface area (Å²) in [4.78, 5) is 14.3. The number of ether oxygens (including phenoxy) is 1. The summed E-state index contributed by atoms with van der Waals surface area (Å²) in [5, 5.41) is 2.12. The number of thiocarbonyl (C=S) groups is 1. The fraction of sp³-hybridized carbons (Fsp3) is 0.429. The molecule has 0 aliphatic rings. The van der Waals surface area contributed by atoms with Crippen LogP contribution in [0.2, 0.25) is 0 Å². The van der Waals surface area contributed by atoms with Crippen LogP contribution in [0.1, 0.15) is 13.8 Å². The maximum atomic E-state index is 10.8. The summed E-state index contributed by atoms with van der Waals surface area (Å²) in [6.45, 7) is 3.72. The monoisotopic (exact) mass is 171 g/mol. The molecule has 4 heteroatoms. The highest BCUT2D eigenvalue weighted by Gasteiger charge is 2.02. The van der Waals surface area contributed by atoms with Gasteiger partial charge in [-0.15, -0.1) is 0 Å². The van der Waals surface area contributed by atoms with Crippen molar-refractivity contribution in [3.8, 4) is 0 Å². The number of hydrogen-bond donors (Lipinski definition) is 0. The SMILES string of the molecule is CCOC(=O)C(C)=CN=C=S. The minimum Gasteiger partial charge on any atom is -0.463 e. The Hall–Kier alpha value is -0.990. The third kappa shape index (κ3) is 4.42. The fourth-order valence-corrected chi connectivity index (χ4v) is 0.474. The lowest BCUT2D eigenvalue weighted by Crippen LogP contribution is -2.04. The van der Waals surface area contributed by atoms with Gasteiger partial charge in [-0.05, 0) is 26.1 Å². The zero-order valence-electron chi connectivity index (χ0n) is 6.46. The molecule has 0 aromatic heterocycles. The van der Waals surface area contributed by atoms with E-state index < -0.39 is 0 Å². The number of carbonyl (C=O) groups excluding carboxylic acids is 1. The predicted octanol–water partition coefficient (Wildman–Crippen LogP) is 1.56. The van der Waals surface area contributed by atoms with Crippen LogP contribution in [0, 0.1) is 0 Å². The van der Waals surface area contributed by atoms with Gasteiger partial charge in [0, 0.05) is 6.20 Å². The molecular weight excluding hydrogens is 162 g/mol. The van der Waals surface area contributed by atoms with Crippen LogP contribution >= 0.6 is 12.2 Å². The van der Waals surface area contributed by atoms with E-state index in [0.29, 0.717) is 12.2 Å². The number of hydrogen-bond acceptors (Lipinski definition) is 4. The van der Waals surface area contributed by atoms with Crippen molar-refractivity contribution in [1.82, 2.24) is 0 Å². The molecule has 0 aliphatic carbocycles. The van der Waals surface area contributed by atoms with Gasteiger partial charge in [-0.3, -0.25) is 0 Å². The first-order valence-corrected chi connectivity index (χ1v) is 3.54. The van der Waals surface area contributed by atoms with Crippen LogP contribution in [0.5, 0.6) is 0 Å². The second kappa shape index (κ2) is 5.77. The largest absolute Gasteiger partial charge is 0.463 e. The topological polar surface area (TPSA) is 38.7 Å². The molecule has 0 aromatic rings. The molecule has 0 saturated carbocycles. The summed E-state index contributed by atoms with van der Waals surface area (Å²) < 4.78 is 4.67. The van der Waals surface area contributed by atoms with Crippen molar-refractivity contribution in [3.63, 3.8) is 0 Å². The van der Waals surface area contributed by atoms with Gasteiger partial charge < -0.3 is 4.74 Å². The van der Waals surface area contributed by atoms with Gasteiger partial charge in [0.05, 0.1) is 17.3 Å². The van der Waals surface area contributed by atoms with E-state index in [1.54, 1.807) is 13.8 Å². The zero-order chi connectivity index (χ0) is 8.69. The first-order chi connectivity index (χ1) is 5.22. The van der Waals surface area contributed by atoms with Crippen LogP contribution in [0.4, 0.5) is 0 Å². The first kappa shape index (κ1) is 10.0. The molecule has 3 nitrogen and oxygen atoms in total. The second-order valence-electron chi connectivity index (χ2n) is 1.75. The fourth-order valence-electron chi connectivity index (χ4n) is 0.421. The van der Waals surface area contributed by atoms with Crippen LogP contribution < -0.4 is 0 Å². The number of rotatable bonds is 3. The van der Waals surface area contributed by atoms with Crippen molar-refractivity contribution in [2.24, 2.45) is 4.99 Å². The zero-order valence-corrected chi connectivity index (χ0v) is 7.27. The molecule has 0 N–H and O–H groups in total. The molecule has 0 fully saturated rings. The molecule has 0 aromatic carbocycles. The number of esters is 1. The Morgan fingerprint density at radius 1 is 1.82 bits per heavy atom. The lowest BCUT2D eigenvalue weighted by molar-refractivity contribution is -0.138. The third-order valence-corrected chi connectivity index (χ3v) is 1.01. The predicted molar refractivity (Wildman–Crippen MR) is 45.4 cm³/mol. The Kier molecular flexibility index (Phi) is 5.25. The molecule has 0 aliphatic heterocycles. The van der Waals surface area contributed by atoms with E-state index in [2.05, 4.69) is 27.1 Å². The Labute approximate surface area is 70.8 Å². The molecule has 0 unspecified atom stereocenters. The molecule has 0 radical (unpaired) electrons. The average Bonchev–Trinajstić information content (AvgIpc) is 2.00. The normalized spacial score (nSPS) is 10.2. The number of isothiocyanates is 1. The van der Waals surface area contributed by atoms with Gasteiger partial charge in [-0.25, -0.2) is 9.79 Å². The Morgan fingerprint density at radius 2 is 2.45 bits per heavy atom. The van der Waals surface area contributed by atoms with Gasteiger partial charge in [-0.1, -0.05) is 0 Å². The standard InChI is InChI=1S/C7H9NO2S/c1-3-10-7(9)6(2)4-8-5-11/h4H,3H2,1-2H3. The van der Waals surface area contributed by atoms with Crippen molar-refractivity contribution in [2.75, 3.05) is 6.61 Å². The molecule has 0 saturated heterocycles. The molecule has 11 heavy (non-hydrogen) atoms. The smallest absolute Gasteiger partial charge is 0.335 e. The van der Waals surface area contributed by atoms with Crippen molar-refractivity contribution >= 4 is 23.3 Å². The Balaban J connectivity index is 4.11. The Morgan fingerprint density at radius 3 is 2.91 bits per heavy atom. The van der Waals surface area contributed by atoms with Gasteiger partial charge >= 0.3 is 5.97 Å². The highest BCUT2D eigenvalue weighted by Crippen LogP contribution is 1.95. The lowest BCUT2D eigenvalue weighted by Gasteiger charge is -1.98. The quantitative estimate of drug-likeness (QED) is 0.280. The van der Waals surface area contributed by atoms with Crippen LogP contribution in [-0.2, 0) is 9.53 Å². The van der Waals surface area contributed by atoms with Gasteiger partial charge in [0.1, 0.15) is 0 Å². The van der Waals surface area contributed by atoms with Crippen molar-refractivity contribution in [1.29, 1.82) is 0 Å². The molecular formula is C7H9NO2S. The van der Waals surface area contributed by atoms with Crippen LogP contribution in [0.15, 0.2) is 16.8 Å². The molecule has 0 rings (SSSR count). The Bertz CT molecular complexity index is 216. The number of carbonyl (C=O) groups is 1. The second-order valence-corrected chi connectivity index (χ2v) is 1.94. The summed E-state index contributed by atoms with van der Waals surface area (Å²) in [5.41, 5.74) is 0.421. The minimum absolute atomic E-state index is 0.366. The summed E-state index contributed by atoms with van der Waals surface area (Å²) in [6, 6.07) is 0. The first-order valence-electron chi connectivity index (χ1n) is 3.13. The van der Waals surface area contributed by atoms with E-state index in [-0.39, 0.29) is 5.97 Å². The van der Waals surface area contributed by atoms with Gasteiger partial charge in [0.2, 0.25) is 0 Å². The van der Waals surface area contributed by atoms with Crippen molar-refractivity contribution in [2.45, 2.75) is 13.8 Å². The molecule has 0 heterocycles. The number of nitrogens with zero attached hydrogens (tertiary/aromatic N) is 1. The van der Waals surface area contributed by atoms with Gasteiger partial charge in [0.25, 0.3) is 0 Å². The van der Waals surface area contributed by atoms with E-state index in [1.807, 2.05) is 0 Å². The molecule has 0 spiro atoms. The van der Waals surface area contributed by atoms with Crippen molar-refractivity contribution in [3.05, 3.63) is 11.8 Å². The van der Waals surface area contributed by atoms with Gasteiger partial charge in [-0.2, -0.15) is 0 Å². The van der Waals surface area contributed by atoms with Crippen LogP contribution in [0.3, 0.4) is 0 Å². The minimum atomic E-state index is -0.374. The third-order valence-electron chi connectivity index (χ3n) is 0.908. The highest BCUT2D eigenvalue weighted by atomic mass is 32.1. The molecule has 0 amide bonds. The van der Waals surface area contributed by atoms with Gasteiger partial charge in [0.15, 0.2) is 0 Å².